The van der Waals surface area contributed by atoms with Crippen LogP contribution in [0.2, 0.25) is 0 Å². The fourth-order valence-electron chi connectivity index (χ4n) is 0.627. The summed E-state index contributed by atoms with van der Waals surface area (Å²) in [5, 5.41) is 12.9. The van der Waals surface area contributed by atoms with E-state index in [-0.39, 0.29) is 63.4 Å². The molecule has 0 heterocycles. The number of hydrogen-bond acceptors (Lipinski definition) is 5. The van der Waals surface area contributed by atoms with Gasteiger partial charge in [-0.1, -0.05) is 4.32 Å². The van der Waals surface area contributed by atoms with Crippen LogP contribution in [-0.4, -0.2) is 28.3 Å². The van der Waals surface area contributed by atoms with Gasteiger partial charge in [-0.05, 0) is 18.4 Å². The van der Waals surface area contributed by atoms with Crippen LogP contribution in [0.4, 0.5) is 0 Å². The third-order valence-electron chi connectivity index (χ3n) is 1.19. The van der Waals surface area contributed by atoms with Gasteiger partial charge in [-0.25, -0.2) is 0 Å². The molecule has 0 aliphatic carbocycles. The Kier molecular flexibility index (Phi) is 19.7. The maximum atomic E-state index is 10.5. The van der Waals surface area contributed by atoms with Crippen LogP contribution in [-0.2, 0) is 17.4 Å². The van der Waals surface area contributed by atoms with Gasteiger partial charge in [-0.2, -0.15) is 11.8 Å². The molecule has 3 nitrogen and oxygen atoms in total. The van der Waals surface area contributed by atoms with Crippen molar-refractivity contribution in [1.82, 2.24) is 5.32 Å². The minimum atomic E-state index is -1.16. The molecule has 0 aromatic heterocycles. The van der Waals surface area contributed by atoms with Crippen LogP contribution in [0.3, 0.4) is 0 Å². The van der Waals surface area contributed by atoms with Crippen molar-refractivity contribution in [3.63, 3.8) is 0 Å². The van der Waals surface area contributed by atoms with Crippen LogP contribution in [0.5, 0.6) is 0 Å². The topological polar surface area (TPSA) is 52.2 Å². The van der Waals surface area contributed by atoms with E-state index in [9.17, 15) is 9.90 Å². The standard InChI is InChI=1S/C6H11NO2S3.2Na/c1-12-3-2-4(5(8)9)7-6(10)11;;/h4H,2-3H2,1H3,(H,8,9)(H2,7,10,11);;/q;2*+1/p-2/t4-;;/m0../s1. The Hall–Kier alpha value is 1.93. The monoisotopic (exact) mass is 269 g/mol. The van der Waals surface area contributed by atoms with Gasteiger partial charge in [-0.15, -0.1) is 0 Å². The summed E-state index contributed by atoms with van der Waals surface area (Å²) in [7, 11) is 0. The van der Waals surface area contributed by atoms with E-state index in [4.69, 9.17) is 0 Å². The molecule has 0 radical (unpaired) electrons. The minimum absolute atomic E-state index is 0. The number of hydrogen-bond donors (Lipinski definition) is 1. The van der Waals surface area contributed by atoms with Crippen molar-refractivity contribution in [2.24, 2.45) is 0 Å². The van der Waals surface area contributed by atoms with E-state index < -0.39 is 12.0 Å². The normalized spacial score (nSPS) is 10.4. The number of rotatable bonds is 5. The Morgan fingerprint density at radius 3 is 2.43 bits per heavy atom. The van der Waals surface area contributed by atoms with Crippen molar-refractivity contribution in [3.8, 4) is 0 Å². The summed E-state index contributed by atoms with van der Waals surface area (Å²) in [6, 6.07) is -0.748. The first-order valence-corrected chi connectivity index (χ1v) is 5.46. The first kappa shape index (κ1) is 21.2. The second-order valence-electron chi connectivity index (χ2n) is 2.08. The van der Waals surface area contributed by atoms with Gasteiger partial charge in [-0.3, -0.25) is 0 Å². The quantitative estimate of drug-likeness (QED) is 0.304. The van der Waals surface area contributed by atoms with Crippen LogP contribution in [0.25, 0.3) is 0 Å². The summed E-state index contributed by atoms with van der Waals surface area (Å²) in [5.74, 6) is -0.417. The van der Waals surface area contributed by atoms with Crippen LogP contribution < -0.4 is 69.5 Å². The number of aliphatic carboxylic acids is 1. The summed E-state index contributed by atoms with van der Waals surface area (Å²) in [6.07, 6.45) is 2.37. The average molecular weight is 269 g/mol. The first-order chi connectivity index (χ1) is 5.57. The molecular weight excluding hydrogens is 260 g/mol. The van der Waals surface area contributed by atoms with Crippen LogP contribution in [0.1, 0.15) is 6.42 Å². The Bertz CT molecular complexity index is 182. The van der Waals surface area contributed by atoms with Gasteiger partial charge >= 0.3 is 59.1 Å². The van der Waals surface area contributed by atoms with Gasteiger partial charge < -0.3 is 40.1 Å². The maximum Gasteiger partial charge on any atom is 1.00 e. The van der Waals surface area contributed by atoms with E-state index in [2.05, 4.69) is 30.2 Å². The molecule has 0 aromatic carbocycles. The minimum Gasteiger partial charge on any atom is -0.548 e. The summed E-state index contributed by atoms with van der Waals surface area (Å²) >= 11 is 10.7. The van der Waals surface area contributed by atoms with E-state index in [1.807, 2.05) is 6.26 Å². The number of thioether (sulfide) groups is 1. The van der Waals surface area contributed by atoms with Crippen molar-refractivity contribution < 1.29 is 69.0 Å². The van der Waals surface area contributed by atoms with Crippen molar-refractivity contribution in [3.05, 3.63) is 0 Å². The zero-order chi connectivity index (χ0) is 9.56. The Balaban J connectivity index is -0.000000605. The maximum absolute atomic E-state index is 10.5. The van der Waals surface area contributed by atoms with Crippen molar-refractivity contribution in [1.29, 1.82) is 0 Å². The predicted molar refractivity (Wildman–Crippen MR) is 54.9 cm³/mol. The van der Waals surface area contributed by atoms with E-state index in [0.717, 1.165) is 5.75 Å². The molecule has 0 aliphatic heterocycles. The van der Waals surface area contributed by atoms with Crippen molar-refractivity contribution in [2.45, 2.75) is 12.5 Å². The van der Waals surface area contributed by atoms with Gasteiger partial charge in [0.2, 0.25) is 0 Å². The van der Waals surface area contributed by atoms with Crippen molar-refractivity contribution >= 4 is 46.9 Å². The van der Waals surface area contributed by atoms with Gasteiger partial charge in [0, 0.05) is 0 Å². The molecule has 14 heavy (non-hydrogen) atoms. The van der Waals surface area contributed by atoms with Crippen LogP contribution in [0, 0.1) is 0 Å². The molecule has 0 bridgehead atoms. The molecule has 8 heteroatoms. The largest absolute Gasteiger partial charge is 1.00 e. The van der Waals surface area contributed by atoms with Gasteiger partial charge in [0.1, 0.15) is 0 Å². The smallest absolute Gasteiger partial charge is 0.548 e. The molecule has 1 N–H and O–H groups in total. The number of carboxylic acid groups (broad SMARTS) is 1. The molecule has 0 fully saturated rings. The predicted octanol–water partition coefficient (Wildman–Crippen LogP) is -6.71. The molecule has 0 aromatic rings. The summed E-state index contributed by atoms with van der Waals surface area (Å²) in [6.45, 7) is 0. The Morgan fingerprint density at radius 2 is 2.14 bits per heavy atom. The van der Waals surface area contributed by atoms with Gasteiger partial charge in [0.15, 0.2) is 0 Å². The van der Waals surface area contributed by atoms with Crippen molar-refractivity contribution in [2.75, 3.05) is 12.0 Å². The number of thiocarbonyl (C=S) groups is 1. The SMILES string of the molecule is CSCC[C@H](NC(=S)[S-])C(=O)[O-].[Na+].[Na+]. The molecule has 0 amide bonds. The second kappa shape index (κ2) is 13.0. The molecule has 70 valence electrons. The Morgan fingerprint density at radius 1 is 1.64 bits per heavy atom. The third-order valence-corrected chi connectivity index (χ3v) is 2.07. The van der Waals surface area contributed by atoms with E-state index >= 15 is 0 Å². The second-order valence-corrected chi connectivity index (χ2v) is 4.15. The Labute approximate surface area is 144 Å². The third kappa shape index (κ3) is 12.0. The van der Waals surface area contributed by atoms with Gasteiger partial charge in [0.05, 0.1) is 12.0 Å². The van der Waals surface area contributed by atoms with Crippen LogP contribution in [0.15, 0.2) is 0 Å². The molecule has 0 rings (SSSR count). The molecule has 0 unspecified atom stereocenters. The molecule has 1 atom stereocenters. The molecule has 0 aliphatic rings. The zero-order valence-electron chi connectivity index (χ0n) is 8.53. The molecule has 0 saturated heterocycles. The van der Waals surface area contributed by atoms with E-state index in [1.54, 1.807) is 11.8 Å². The number of carbonyl (C=O) groups excluding carboxylic acids is 1. The number of carbonyl (C=O) groups is 1. The summed E-state index contributed by atoms with van der Waals surface area (Å²) in [5.41, 5.74) is 0. The first-order valence-electron chi connectivity index (χ1n) is 3.25. The fourth-order valence-corrected chi connectivity index (χ4v) is 1.38. The molecular formula is C6H9NNa2O2S3. The van der Waals surface area contributed by atoms with Gasteiger partial charge in [0.25, 0.3) is 0 Å². The van der Waals surface area contributed by atoms with E-state index in [0.29, 0.717) is 6.42 Å². The number of carboxylic acids is 1. The summed E-state index contributed by atoms with van der Waals surface area (Å²) in [4.78, 5) is 10.5. The van der Waals surface area contributed by atoms with Crippen LogP contribution >= 0.6 is 24.0 Å². The average Bonchev–Trinajstić information content (AvgIpc) is 1.96. The molecule has 0 saturated carbocycles. The molecule has 0 spiro atoms. The fraction of sp³-hybridized carbons (Fsp3) is 0.667. The number of nitrogens with one attached hydrogen (secondary N) is 1. The summed E-state index contributed by atoms with van der Waals surface area (Å²) < 4.78 is 0.0744. The van der Waals surface area contributed by atoms with E-state index in [1.165, 1.54) is 0 Å². The zero-order valence-corrected chi connectivity index (χ0v) is 15.0.